The first-order valence-electron chi connectivity index (χ1n) is 15.3. The fourth-order valence-corrected chi connectivity index (χ4v) is 8.37. The van der Waals surface area contributed by atoms with Crippen molar-refractivity contribution >= 4 is 23.6 Å². The van der Waals surface area contributed by atoms with Crippen LogP contribution in [0.3, 0.4) is 0 Å². The van der Waals surface area contributed by atoms with Gasteiger partial charge in [-0.3, -0.25) is 20.0 Å². The van der Waals surface area contributed by atoms with E-state index in [2.05, 4.69) is 10.2 Å². The van der Waals surface area contributed by atoms with Crippen LogP contribution in [0.2, 0.25) is 0 Å². The van der Waals surface area contributed by atoms with Gasteiger partial charge in [-0.05, 0) is 62.3 Å². The largest absolute Gasteiger partial charge is 0.460 e. The molecule has 4 aliphatic carbocycles. The smallest absolute Gasteiger partial charge is 0.407 e. The number of allylic oxidation sites excluding steroid dienone is 4. The topological polar surface area (TPSA) is 212 Å². The number of esters is 1. The van der Waals surface area contributed by atoms with Gasteiger partial charge in [0.25, 0.3) is 0 Å². The first kappa shape index (κ1) is 34.8. The summed E-state index contributed by atoms with van der Waals surface area (Å²) >= 11 is 0. The van der Waals surface area contributed by atoms with Crippen LogP contribution in [-0.4, -0.2) is 98.0 Å². The van der Waals surface area contributed by atoms with E-state index in [0.717, 1.165) is 0 Å². The average Bonchev–Trinajstić information content (AvgIpc) is 3.23. The van der Waals surface area contributed by atoms with E-state index in [1.165, 1.54) is 37.3 Å². The maximum atomic E-state index is 17.2. The van der Waals surface area contributed by atoms with Crippen molar-refractivity contribution in [3.8, 4) is 0 Å². The molecule has 256 valence electrons. The van der Waals surface area contributed by atoms with Crippen LogP contribution in [0.1, 0.15) is 55.5 Å². The standard InChI is InChI=1S/C32H39FN2O12/c1-29-10-9-20(36)13-19(29)7-8-22-23-14-24(37)32(42,30(23,2)15-25(38)31(22,29)33)26(39)17-46-28(41)34-11-12-45-27(40)21-6-4-3-5-18(21)16-47-35(43)44/h3-6,9-10,13,22-25,37-38,42-44H,7-8,11-12,14-17H2,1-2H3,(H,34,41)/t22-,23-,24+,25-,29-,30-,31-,32-/m0/s1. The zero-order chi connectivity index (χ0) is 34.4. The number of hydrogen-bond acceptors (Lipinski definition) is 13. The number of hydrogen-bond donors (Lipinski definition) is 6. The summed E-state index contributed by atoms with van der Waals surface area (Å²) in [6, 6.07) is 6.09. The second-order valence-electron chi connectivity index (χ2n) is 13.0. The summed E-state index contributed by atoms with van der Waals surface area (Å²) in [5.41, 5.74) is -6.47. The molecule has 0 spiro atoms. The van der Waals surface area contributed by atoms with Gasteiger partial charge in [0.15, 0.2) is 23.7 Å². The van der Waals surface area contributed by atoms with Crippen molar-refractivity contribution in [3.63, 3.8) is 0 Å². The van der Waals surface area contributed by atoms with Crippen molar-refractivity contribution in [2.75, 3.05) is 19.8 Å². The highest BCUT2D eigenvalue weighted by molar-refractivity contribution is 6.01. The molecule has 6 N–H and O–H groups in total. The summed E-state index contributed by atoms with van der Waals surface area (Å²) in [6.45, 7) is 1.38. The first-order chi connectivity index (χ1) is 22.1. The molecule has 1 aromatic rings. The quantitative estimate of drug-likeness (QED) is 0.120. The molecular formula is C32H39FN2O12. The summed E-state index contributed by atoms with van der Waals surface area (Å²) in [5, 5.41) is 53.5. The van der Waals surface area contributed by atoms with Crippen LogP contribution in [0.5, 0.6) is 0 Å². The minimum absolute atomic E-state index is 0.0834. The number of alkyl carbamates (subject to hydrolysis) is 1. The Morgan fingerprint density at radius 2 is 1.81 bits per heavy atom. The molecule has 0 unspecified atom stereocenters. The first-order valence-corrected chi connectivity index (χ1v) is 15.3. The molecule has 3 saturated carbocycles. The van der Waals surface area contributed by atoms with Crippen molar-refractivity contribution in [2.24, 2.45) is 22.7 Å². The number of carbonyl (C=O) groups is 4. The third-order valence-electron chi connectivity index (χ3n) is 10.8. The number of ether oxygens (including phenoxy) is 2. The summed E-state index contributed by atoms with van der Waals surface area (Å²) in [6.07, 6.45) is -0.0483. The van der Waals surface area contributed by atoms with Crippen LogP contribution < -0.4 is 5.32 Å². The molecule has 0 heterocycles. The number of carbonyl (C=O) groups excluding carboxylic acids is 4. The molecule has 8 atom stereocenters. The molecule has 5 rings (SSSR count). The van der Waals surface area contributed by atoms with E-state index < -0.39 is 76.0 Å². The molecule has 4 aliphatic rings. The molecule has 1 amide bonds. The predicted octanol–water partition coefficient (Wildman–Crippen LogP) is 1.72. The number of aliphatic hydroxyl groups is 3. The van der Waals surface area contributed by atoms with Crippen molar-refractivity contribution < 1.29 is 63.6 Å². The van der Waals surface area contributed by atoms with E-state index in [9.17, 15) is 34.5 Å². The van der Waals surface area contributed by atoms with Crippen LogP contribution >= 0.6 is 0 Å². The Balaban J connectivity index is 1.18. The van der Waals surface area contributed by atoms with Crippen molar-refractivity contribution in [1.82, 2.24) is 10.7 Å². The van der Waals surface area contributed by atoms with Gasteiger partial charge in [0.05, 0.1) is 36.3 Å². The Morgan fingerprint density at radius 3 is 2.53 bits per heavy atom. The molecule has 0 saturated heterocycles. The van der Waals surface area contributed by atoms with E-state index in [1.807, 2.05) is 0 Å². The minimum atomic E-state index is -2.45. The number of halogens is 1. The van der Waals surface area contributed by atoms with Crippen molar-refractivity contribution in [3.05, 3.63) is 59.2 Å². The van der Waals surface area contributed by atoms with Gasteiger partial charge in [-0.25, -0.2) is 18.8 Å². The summed E-state index contributed by atoms with van der Waals surface area (Å²) in [5.74, 6) is -3.61. The van der Waals surface area contributed by atoms with Crippen LogP contribution in [0.25, 0.3) is 0 Å². The van der Waals surface area contributed by atoms with Crippen LogP contribution in [0.4, 0.5) is 9.18 Å². The van der Waals surface area contributed by atoms with Gasteiger partial charge in [0, 0.05) is 16.7 Å². The number of nitrogens with one attached hydrogen (secondary N) is 1. The van der Waals surface area contributed by atoms with Gasteiger partial charge >= 0.3 is 12.1 Å². The highest BCUT2D eigenvalue weighted by Gasteiger charge is 2.76. The lowest BCUT2D eigenvalue weighted by atomic mass is 9.44. The van der Waals surface area contributed by atoms with Gasteiger partial charge in [-0.2, -0.15) is 0 Å². The lowest BCUT2D eigenvalue weighted by molar-refractivity contribution is -0.497. The zero-order valence-electron chi connectivity index (χ0n) is 25.9. The van der Waals surface area contributed by atoms with Crippen LogP contribution in [0, 0.1) is 22.7 Å². The number of amides is 1. The van der Waals surface area contributed by atoms with E-state index >= 15 is 4.39 Å². The van der Waals surface area contributed by atoms with Gasteiger partial charge in [-0.1, -0.05) is 36.8 Å². The molecule has 47 heavy (non-hydrogen) atoms. The zero-order valence-corrected chi connectivity index (χ0v) is 25.9. The van der Waals surface area contributed by atoms with Crippen molar-refractivity contribution in [1.29, 1.82) is 0 Å². The van der Waals surface area contributed by atoms with Crippen LogP contribution in [-0.2, 0) is 30.5 Å². The number of benzene rings is 1. The second kappa shape index (κ2) is 12.8. The predicted molar refractivity (Wildman–Crippen MR) is 156 cm³/mol. The van der Waals surface area contributed by atoms with Gasteiger partial charge in [0.1, 0.15) is 6.61 Å². The second-order valence-corrected chi connectivity index (χ2v) is 13.0. The van der Waals surface area contributed by atoms with Gasteiger partial charge < -0.3 is 30.1 Å². The Hall–Kier alpha value is -3.57. The van der Waals surface area contributed by atoms with E-state index in [-0.39, 0.29) is 50.4 Å². The summed E-state index contributed by atoms with van der Waals surface area (Å²) in [4.78, 5) is 54.8. The Labute approximate surface area is 269 Å². The lowest BCUT2D eigenvalue weighted by Crippen LogP contribution is -2.69. The number of ketones is 2. The van der Waals surface area contributed by atoms with E-state index in [0.29, 0.717) is 17.6 Å². The third-order valence-corrected chi connectivity index (χ3v) is 10.8. The van der Waals surface area contributed by atoms with Gasteiger partial charge in [-0.15, -0.1) is 0 Å². The molecule has 1 aromatic carbocycles. The SMILES string of the molecule is C[C@]12C=CC(=O)C=C1CC[C@H]1[C@@H]3C[C@@H](O)[C@](O)(C(=O)COC(=O)NCCOC(=O)c4ccccc4CON(O)O)[C@@]3(C)C[C@H](O)[C@@]12F. The minimum Gasteiger partial charge on any atom is -0.460 e. The Morgan fingerprint density at radius 1 is 1.09 bits per heavy atom. The number of rotatable bonds is 10. The fraction of sp³-hybridized carbons (Fsp3) is 0.562. The fourth-order valence-electron chi connectivity index (χ4n) is 8.37. The number of nitrogens with zero attached hydrogens (tertiary/aromatic N) is 1. The maximum absolute atomic E-state index is 17.2. The maximum Gasteiger partial charge on any atom is 0.407 e. The van der Waals surface area contributed by atoms with E-state index in [4.69, 9.17) is 19.9 Å². The number of aliphatic hydroxyl groups excluding tert-OH is 2. The molecule has 15 heteroatoms. The molecular weight excluding hydrogens is 623 g/mol. The highest BCUT2D eigenvalue weighted by Crippen LogP contribution is 2.69. The Kier molecular flexibility index (Phi) is 9.47. The van der Waals surface area contributed by atoms with Crippen molar-refractivity contribution in [2.45, 2.75) is 69.6 Å². The lowest BCUT2D eigenvalue weighted by Gasteiger charge is -2.62. The number of alkyl halides is 1. The Bertz CT molecular complexity index is 1500. The number of fused-ring (bicyclic) bond motifs is 5. The summed E-state index contributed by atoms with van der Waals surface area (Å²) in [7, 11) is 0. The highest BCUT2D eigenvalue weighted by atomic mass is 19.1. The normalized spacial score (nSPS) is 35.8. The molecule has 0 radical (unpaired) electrons. The molecule has 0 bridgehead atoms. The summed E-state index contributed by atoms with van der Waals surface area (Å²) < 4.78 is 27.4. The monoisotopic (exact) mass is 662 g/mol. The van der Waals surface area contributed by atoms with Gasteiger partial charge in [0.2, 0.25) is 5.78 Å². The molecule has 3 fully saturated rings. The molecule has 0 aromatic heterocycles. The average molecular weight is 663 g/mol. The van der Waals surface area contributed by atoms with Crippen LogP contribution in [0.15, 0.2) is 48.1 Å². The number of Topliss-reactive ketones (excluding diaryl/α,β-unsaturated/α-hetero) is 1. The third kappa shape index (κ3) is 5.69. The molecule has 0 aliphatic heterocycles. The molecule has 14 nitrogen and oxygen atoms in total. The van der Waals surface area contributed by atoms with E-state index in [1.54, 1.807) is 19.1 Å².